The number of hydrogen-bond donors (Lipinski definition) is 2. The van der Waals surface area contributed by atoms with Crippen LogP contribution in [0.15, 0.2) is 12.1 Å². The molecule has 4 heteroatoms. The molecule has 0 atom stereocenters. The van der Waals surface area contributed by atoms with E-state index in [1.54, 1.807) is 6.92 Å². The van der Waals surface area contributed by atoms with Gasteiger partial charge >= 0.3 is 11.9 Å². The number of aromatic carboxylic acids is 2. The van der Waals surface area contributed by atoms with E-state index in [-0.39, 0.29) is 11.1 Å². The lowest BCUT2D eigenvalue weighted by Crippen LogP contribution is -2.08. The topological polar surface area (TPSA) is 74.6 Å². The summed E-state index contributed by atoms with van der Waals surface area (Å²) in [6, 6.07) is 2.77. The van der Waals surface area contributed by atoms with Gasteiger partial charge in [0.15, 0.2) is 0 Å². The summed E-state index contributed by atoms with van der Waals surface area (Å²) in [5.74, 6) is -2.17. The van der Waals surface area contributed by atoms with E-state index < -0.39 is 11.9 Å². The molecule has 0 spiro atoms. The van der Waals surface area contributed by atoms with Crippen LogP contribution >= 0.6 is 0 Å². The first-order valence-electron chi connectivity index (χ1n) is 5.57. The molecule has 0 saturated heterocycles. The first-order chi connectivity index (χ1) is 7.97. The molecular formula is C13H16O4. The number of hydrogen-bond acceptors (Lipinski definition) is 2. The Labute approximate surface area is 99.9 Å². The molecule has 92 valence electrons. The van der Waals surface area contributed by atoms with Crippen molar-refractivity contribution in [1.29, 1.82) is 0 Å². The second kappa shape index (κ2) is 5.48. The molecule has 0 aromatic heterocycles. The van der Waals surface area contributed by atoms with Crippen LogP contribution in [0.4, 0.5) is 0 Å². The standard InChI is InChI=1S/C13H16O4/c1-3-4-5-10-8(2)6-9(12(14)15)7-11(10)13(16)17/h6-7H,3-5H2,1-2H3,(H,14,15)(H,16,17). The van der Waals surface area contributed by atoms with Crippen molar-refractivity contribution < 1.29 is 19.8 Å². The molecule has 1 aromatic carbocycles. The summed E-state index contributed by atoms with van der Waals surface area (Å²) in [5, 5.41) is 18.0. The fraction of sp³-hybridized carbons (Fsp3) is 0.385. The molecule has 2 N–H and O–H groups in total. The average Bonchev–Trinajstić information content (AvgIpc) is 2.26. The quantitative estimate of drug-likeness (QED) is 0.824. The highest BCUT2D eigenvalue weighted by atomic mass is 16.4. The molecule has 1 rings (SSSR count). The van der Waals surface area contributed by atoms with E-state index >= 15 is 0 Å². The van der Waals surface area contributed by atoms with Gasteiger partial charge in [0.1, 0.15) is 0 Å². The zero-order chi connectivity index (χ0) is 13.0. The van der Waals surface area contributed by atoms with Crippen LogP contribution in [-0.2, 0) is 6.42 Å². The van der Waals surface area contributed by atoms with Crippen molar-refractivity contribution in [3.63, 3.8) is 0 Å². The first kappa shape index (κ1) is 13.2. The Hall–Kier alpha value is -1.84. The average molecular weight is 236 g/mol. The number of rotatable bonds is 5. The van der Waals surface area contributed by atoms with Gasteiger partial charge in [-0.3, -0.25) is 0 Å². The zero-order valence-corrected chi connectivity index (χ0v) is 9.99. The van der Waals surface area contributed by atoms with Gasteiger partial charge in [0.25, 0.3) is 0 Å². The summed E-state index contributed by atoms with van der Waals surface area (Å²) in [5.41, 5.74) is 1.61. The lowest BCUT2D eigenvalue weighted by Gasteiger charge is -2.10. The van der Waals surface area contributed by atoms with Crippen molar-refractivity contribution in [2.45, 2.75) is 33.1 Å². The Morgan fingerprint density at radius 3 is 2.29 bits per heavy atom. The maximum Gasteiger partial charge on any atom is 0.335 e. The molecule has 0 aliphatic rings. The molecule has 0 bridgehead atoms. The van der Waals surface area contributed by atoms with Crippen LogP contribution in [0.25, 0.3) is 0 Å². The summed E-state index contributed by atoms with van der Waals surface area (Å²) >= 11 is 0. The van der Waals surface area contributed by atoms with E-state index in [2.05, 4.69) is 0 Å². The fourth-order valence-electron chi connectivity index (χ4n) is 1.82. The van der Waals surface area contributed by atoms with Gasteiger partial charge in [0, 0.05) is 0 Å². The van der Waals surface area contributed by atoms with Gasteiger partial charge < -0.3 is 10.2 Å². The van der Waals surface area contributed by atoms with E-state index in [0.717, 1.165) is 24.0 Å². The minimum Gasteiger partial charge on any atom is -0.478 e. The highest BCUT2D eigenvalue weighted by Crippen LogP contribution is 2.20. The van der Waals surface area contributed by atoms with Gasteiger partial charge in [-0.15, -0.1) is 0 Å². The van der Waals surface area contributed by atoms with Crippen molar-refractivity contribution in [1.82, 2.24) is 0 Å². The number of carboxylic acid groups (broad SMARTS) is 2. The normalized spacial score (nSPS) is 10.2. The minimum absolute atomic E-state index is 0.0279. The molecule has 0 saturated carbocycles. The van der Waals surface area contributed by atoms with Crippen LogP contribution in [-0.4, -0.2) is 22.2 Å². The van der Waals surface area contributed by atoms with Gasteiger partial charge in [-0.2, -0.15) is 0 Å². The summed E-state index contributed by atoms with van der Waals surface area (Å²) in [4.78, 5) is 22.0. The van der Waals surface area contributed by atoms with Gasteiger partial charge in [-0.1, -0.05) is 13.3 Å². The predicted molar refractivity (Wildman–Crippen MR) is 63.7 cm³/mol. The van der Waals surface area contributed by atoms with E-state index in [4.69, 9.17) is 10.2 Å². The van der Waals surface area contributed by atoms with E-state index in [0.29, 0.717) is 6.42 Å². The lowest BCUT2D eigenvalue weighted by atomic mass is 9.94. The largest absolute Gasteiger partial charge is 0.478 e. The van der Waals surface area contributed by atoms with Crippen LogP contribution < -0.4 is 0 Å². The highest BCUT2D eigenvalue weighted by Gasteiger charge is 2.16. The second-order valence-corrected chi connectivity index (χ2v) is 4.03. The monoisotopic (exact) mass is 236 g/mol. The smallest absolute Gasteiger partial charge is 0.335 e. The lowest BCUT2D eigenvalue weighted by molar-refractivity contribution is 0.0695. The molecule has 0 heterocycles. The molecule has 0 radical (unpaired) electrons. The van der Waals surface area contributed by atoms with Gasteiger partial charge in [0.2, 0.25) is 0 Å². The van der Waals surface area contributed by atoms with Crippen LogP contribution in [0.5, 0.6) is 0 Å². The molecular weight excluding hydrogens is 220 g/mol. The number of benzene rings is 1. The molecule has 1 aromatic rings. The summed E-state index contributed by atoms with van der Waals surface area (Å²) in [6.07, 6.45) is 2.54. The van der Waals surface area contributed by atoms with Crippen molar-refractivity contribution >= 4 is 11.9 Å². The SMILES string of the molecule is CCCCc1c(C)cc(C(=O)O)cc1C(=O)O. The first-order valence-corrected chi connectivity index (χ1v) is 5.57. The van der Waals surface area contributed by atoms with E-state index in [1.165, 1.54) is 12.1 Å². The fourth-order valence-corrected chi connectivity index (χ4v) is 1.82. The van der Waals surface area contributed by atoms with Crippen LogP contribution in [0.3, 0.4) is 0 Å². The van der Waals surface area contributed by atoms with Crippen molar-refractivity contribution in [2.24, 2.45) is 0 Å². The summed E-state index contributed by atoms with van der Waals surface area (Å²) in [7, 11) is 0. The molecule has 0 aliphatic heterocycles. The molecule has 0 fully saturated rings. The van der Waals surface area contributed by atoms with Gasteiger partial charge in [-0.25, -0.2) is 9.59 Å². The van der Waals surface area contributed by atoms with Gasteiger partial charge in [-0.05, 0) is 43.0 Å². The third-order valence-corrected chi connectivity index (χ3v) is 2.73. The summed E-state index contributed by atoms with van der Waals surface area (Å²) < 4.78 is 0. The Morgan fingerprint density at radius 1 is 1.18 bits per heavy atom. The highest BCUT2D eigenvalue weighted by molar-refractivity contribution is 5.95. The molecule has 17 heavy (non-hydrogen) atoms. The predicted octanol–water partition coefficient (Wildman–Crippen LogP) is 2.73. The third-order valence-electron chi connectivity index (χ3n) is 2.73. The van der Waals surface area contributed by atoms with Crippen LogP contribution in [0.1, 0.15) is 51.6 Å². The molecule has 0 amide bonds. The second-order valence-electron chi connectivity index (χ2n) is 4.03. The zero-order valence-electron chi connectivity index (χ0n) is 9.99. The van der Waals surface area contributed by atoms with E-state index in [1.807, 2.05) is 6.92 Å². The van der Waals surface area contributed by atoms with E-state index in [9.17, 15) is 9.59 Å². The van der Waals surface area contributed by atoms with Crippen LogP contribution in [0.2, 0.25) is 0 Å². The third kappa shape index (κ3) is 3.06. The number of carboxylic acids is 2. The van der Waals surface area contributed by atoms with Gasteiger partial charge in [0.05, 0.1) is 11.1 Å². The molecule has 0 aliphatic carbocycles. The van der Waals surface area contributed by atoms with Crippen molar-refractivity contribution in [2.75, 3.05) is 0 Å². The van der Waals surface area contributed by atoms with Crippen molar-refractivity contribution in [3.05, 3.63) is 34.4 Å². The van der Waals surface area contributed by atoms with Crippen LogP contribution in [0, 0.1) is 6.92 Å². The Kier molecular flexibility index (Phi) is 4.26. The minimum atomic E-state index is -1.10. The molecule has 4 nitrogen and oxygen atoms in total. The Balaban J connectivity index is 3.28. The Morgan fingerprint density at radius 2 is 1.82 bits per heavy atom. The number of unbranched alkanes of at least 4 members (excludes halogenated alkanes) is 1. The number of aryl methyl sites for hydroxylation is 1. The summed E-state index contributed by atoms with van der Waals surface area (Å²) in [6.45, 7) is 3.78. The Bertz CT molecular complexity index is 449. The molecule has 0 unspecified atom stereocenters. The maximum absolute atomic E-state index is 11.1. The maximum atomic E-state index is 11.1. The van der Waals surface area contributed by atoms with Crippen molar-refractivity contribution in [3.8, 4) is 0 Å². The number of carbonyl (C=O) groups is 2.